The summed E-state index contributed by atoms with van der Waals surface area (Å²) < 4.78 is 10.9. The molecule has 0 bridgehead atoms. The number of aromatic carboxylic acids is 1. The van der Waals surface area contributed by atoms with Crippen molar-refractivity contribution in [2.24, 2.45) is 5.10 Å². The van der Waals surface area contributed by atoms with Gasteiger partial charge in [-0.2, -0.15) is 10.1 Å². The highest BCUT2D eigenvalue weighted by Crippen LogP contribution is 2.31. The molecule has 0 spiro atoms. The SMILES string of the molecule is C=CCOc1ccc(/C=C2\C(=O)N(c3ccc(Cl)c(C(=O)O)c3)N=C2C)cc1OC. The van der Waals surface area contributed by atoms with E-state index in [9.17, 15) is 14.7 Å². The molecule has 3 rings (SSSR count). The van der Waals surface area contributed by atoms with Crippen LogP contribution in [0.25, 0.3) is 6.08 Å². The van der Waals surface area contributed by atoms with Crippen molar-refractivity contribution in [3.05, 3.63) is 70.8 Å². The maximum absolute atomic E-state index is 12.9. The first kappa shape index (κ1) is 21.1. The number of carbonyl (C=O) groups is 2. The van der Waals surface area contributed by atoms with E-state index in [2.05, 4.69) is 11.7 Å². The summed E-state index contributed by atoms with van der Waals surface area (Å²) in [5, 5.41) is 14.8. The van der Waals surface area contributed by atoms with Crippen molar-refractivity contribution >= 4 is 41.0 Å². The van der Waals surface area contributed by atoms with Crippen molar-refractivity contribution in [1.82, 2.24) is 0 Å². The molecule has 1 amide bonds. The molecule has 1 heterocycles. The minimum Gasteiger partial charge on any atom is -0.493 e. The summed E-state index contributed by atoms with van der Waals surface area (Å²) in [6, 6.07) is 9.57. The van der Waals surface area contributed by atoms with Gasteiger partial charge in [-0.15, -0.1) is 0 Å². The Morgan fingerprint density at radius 3 is 2.70 bits per heavy atom. The molecule has 0 radical (unpaired) electrons. The summed E-state index contributed by atoms with van der Waals surface area (Å²) in [6.45, 7) is 5.66. The second kappa shape index (κ2) is 8.84. The van der Waals surface area contributed by atoms with Crippen LogP contribution in [0.2, 0.25) is 5.02 Å². The molecule has 0 saturated heterocycles. The van der Waals surface area contributed by atoms with Crippen molar-refractivity contribution < 1.29 is 24.2 Å². The van der Waals surface area contributed by atoms with Gasteiger partial charge in [0.2, 0.25) is 0 Å². The second-order valence-electron chi connectivity index (χ2n) is 6.34. The van der Waals surface area contributed by atoms with Crippen LogP contribution < -0.4 is 14.5 Å². The lowest BCUT2D eigenvalue weighted by molar-refractivity contribution is -0.114. The summed E-state index contributed by atoms with van der Waals surface area (Å²) in [7, 11) is 1.53. The third-order valence-corrected chi connectivity index (χ3v) is 4.67. The summed E-state index contributed by atoms with van der Waals surface area (Å²) in [5.74, 6) is -0.480. The summed E-state index contributed by atoms with van der Waals surface area (Å²) in [5.41, 5.74) is 1.81. The van der Waals surface area contributed by atoms with Crippen molar-refractivity contribution in [1.29, 1.82) is 0 Å². The molecular weight excluding hydrogens is 408 g/mol. The van der Waals surface area contributed by atoms with E-state index >= 15 is 0 Å². The number of halogens is 1. The standard InChI is InChI=1S/C22H19ClN2O5/c1-4-9-30-19-8-5-14(11-20(19)29-3)10-16-13(2)24-25(21(16)26)15-6-7-18(23)17(12-15)22(27)28/h4-8,10-12H,1,9H2,2-3H3,(H,27,28)/b16-10-. The van der Waals surface area contributed by atoms with Crippen LogP contribution in [0.4, 0.5) is 5.69 Å². The van der Waals surface area contributed by atoms with E-state index in [4.69, 9.17) is 21.1 Å². The fourth-order valence-electron chi connectivity index (χ4n) is 2.88. The van der Waals surface area contributed by atoms with E-state index in [0.29, 0.717) is 35.1 Å². The number of benzene rings is 2. The molecule has 2 aromatic carbocycles. The topological polar surface area (TPSA) is 88.4 Å². The van der Waals surface area contributed by atoms with Crippen LogP contribution in [0.3, 0.4) is 0 Å². The molecule has 0 aliphatic carbocycles. The van der Waals surface area contributed by atoms with Gasteiger partial charge in [0.05, 0.1) is 34.7 Å². The number of anilines is 1. The highest BCUT2D eigenvalue weighted by atomic mass is 35.5. The van der Waals surface area contributed by atoms with Crippen LogP contribution in [0, 0.1) is 0 Å². The number of carboxylic acid groups (broad SMARTS) is 1. The van der Waals surface area contributed by atoms with Crippen molar-refractivity contribution in [2.75, 3.05) is 18.7 Å². The molecule has 1 aliphatic rings. The largest absolute Gasteiger partial charge is 0.493 e. The number of hydrogen-bond donors (Lipinski definition) is 1. The summed E-state index contributed by atoms with van der Waals surface area (Å²) >= 11 is 5.91. The van der Waals surface area contributed by atoms with E-state index in [1.54, 1.807) is 43.3 Å². The number of carbonyl (C=O) groups excluding carboxylic acids is 1. The van der Waals surface area contributed by atoms with Gasteiger partial charge in [-0.05, 0) is 48.9 Å². The molecule has 0 saturated carbocycles. The van der Waals surface area contributed by atoms with E-state index in [0.717, 1.165) is 10.6 Å². The normalized spacial score (nSPS) is 14.6. The highest BCUT2D eigenvalue weighted by Gasteiger charge is 2.29. The fraction of sp³-hybridized carbons (Fsp3) is 0.136. The third-order valence-electron chi connectivity index (χ3n) is 4.34. The number of hydrogen-bond acceptors (Lipinski definition) is 5. The van der Waals surface area contributed by atoms with Gasteiger partial charge in [-0.1, -0.05) is 30.3 Å². The number of ether oxygens (including phenoxy) is 2. The lowest BCUT2D eigenvalue weighted by atomic mass is 10.1. The Kier molecular flexibility index (Phi) is 6.23. The number of hydrazone groups is 1. The Morgan fingerprint density at radius 2 is 2.03 bits per heavy atom. The fourth-order valence-corrected chi connectivity index (χ4v) is 3.08. The molecule has 1 N–H and O–H groups in total. The van der Waals surface area contributed by atoms with Crippen LogP contribution >= 0.6 is 11.6 Å². The zero-order valence-electron chi connectivity index (χ0n) is 16.4. The Morgan fingerprint density at radius 1 is 1.27 bits per heavy atom. The van der Waals surface area contributed by atoms with E-state index in [1.807, 2.05) is 0 Å². The average molecular weight is 427 g/mol. The van der Waals surface area contributed by atoms with Crippen molar-refractivity contribution in [2.45, 2.75) is 6.92 Å². The monoisotopic (exact) mass is 426 g/mol. The first-order valence-electron chi connectivity index (χ1n) is 8.92. The van der Waals surface area contributed by atoms with Crippen LogP contribution in [-0.2, 0) is 4.79 Å². The number of nitrogens with zero attached hydrogens (tertiary/aromatic N) is 2. The molecule has 154 valence electrons. The molecule has 0 unspecified atom stereocenters. The molecule has 30 heavy (non-hydrogen) atoms. The van der Waals surface area contributed by atoms with Crippen LogP contribution in [0.15, 0.2) is 59.7 Å². The Balaban J connectivity index is 1.92. The van der Waals surface area contributed by atoms with Gasteiger partial charge < -0.3 is 14.6 Å². The van der Waals surface area contributed by atoms with Crippen molar-refractivity contribution in [3.8, 4) is 11.5 Å². The minimum absolute atomic E-state index is 0.0835. The molecule has 0 aromatic heterocycles. The van der Waals surface area contributed by atoms with Crippen LogP contribution in [0.1, 0.15) is 22.8 Å². The van der Waals surface area contributed by atoms with Crippen LogP contribution in [-0.4, -0.2) is 36.4 Å². The molecule has 0 atom stereocenters. The number of rotatable bonds is 7. The third kappa shape index (κ3) is 4.21. The second-order valence-corrected chi connectivity index (χ2v) is 6.75. The Hall–Kier alpha value is -3.58. The lowest BCUT2D eigenvalue weighted by Crippen LogP contribution is -2.21. The first-order valence-corrected chi connectivity index (χ1v) is 9.29. The highest BCUT2D eigenvalue weighted by molar-refractivity contribution is 6.34. The van der Waals surface area contributed by atoms with Gasteiger partial charge in [-0.25, -0.2) is 4.79 Å². The molecule has 8 heteroatoms. The predicted molar refractivity (Wildman–Crippen MR) is 116 cm³/mol. The smallest absolute Gasteiger partial charge is 0.337 e. The maximum Gasteiger partial charge on any atom is 0.337 e. The molecule has 1 aliphatic heterocycles. The quantitative estimate of drug-likeness (QED) is 0.523. The zero-order chi connectivity index (χ0) is 21.8. The maximum atomic E-state index is 12.9. The van der Waals surface area contributed by atoms with Crippen LogP contribution in [0.5, 0.6) is 11.5 Å². The minimum atomic E-state index is -1.18. The van der Waals surface area contributed by atoms with Gasteiger partial charge in [-0.3, -0.25) is 4.79 Å². The predicted octanol–water partition coefficient (Wildman–Crippen LogP) is 4.42. The van der Waals surface area contributed by atoms with Gasteiger partial charge in [0.15, 0.2) is 11.5 Å². The lowest BCUT2D eigenvalue weighted by Gasteiger charge is -2.13. The van der Waals surface area contributed by atoms with Gasteiger partial charge in [0, 0.05) is 0 Å². The van der Waals surface area contributed by atoms with Gasteiger partial charge in [0.1, 0.15) is 6.61 Å². The van der Waals surface area contributed by atoms with Gasteiger partial charge >= 0.3 is 5.97 Å². The Bertz CT molecular complexity index is 1090. The van der Waals surface area contributed by atoms with E-state index in [1.165, 1.54) is 19.2 Å². The first-order chi connectivity index (χ1) is 14.3. The molecule has 7 nitrogen and oxygen atoms in total. The molecule has 0 fully saturated rings. The summed E-state index contributed by atoms with van der Waals surface area (Å²) in [6.07, 6.45) is 3.32. The number of methoxy groups -OCH3 is 1. The zero-order valence-corrected chi connectivity index (χ0v) is 17.1. The van der Waals surface area contributed by atoms with E-state index in [-0.39, 0.29) is 16.5 Å². The number of amides is 1. The summed E-state index contributed by atoms with van der Waals surface area (Å²) in [4.78, 5) is 24.3. The number of carboxylic acids is 1. The van der Waals surface area contributed by atoms with E-state index < -0.39 is 5.97 Å². The average Bonchev–Trinajstić information content (AvgIpc) is 3.01. The Labute approximate surface area is 178 Å². The van der Waals surface area contributed by atoms with Gasteiger partial charge in [0.25, 0.3) is 5.91 Å². The molecule has 2 aromatic rings. The molecular formula is C22H19ClN2O5. The van der Waals surface area contributed by atoms with Crippen molar-refractivity contribution in [3.63, 3.8) is 0 Å².